The van der Waals surface area contributed by atoms with E-state index in [1.807, 2.05) is 13.8 Å². The Kier molecular flexibility index (Phi) is 5.39. The molecule has 0 atom stereocenters. The number of carbonyl (C=O) groups is 1. The minimum Gasteiger partial charge on any atom is -0.495 e. The van der Waals surface area contributed by atoms with Crippen LogP contribution >= 0.6 is 0 Å². The minimum absolute atomic E-state index is 0.264. The number of carbonyl (C=O) groups excluding carboxylic acids is 1. The van der Waals surface area contributed by atoms with Crippen molar-refractivity contribution >= 4 is 11.7 Å². The number of anilines is 1. The molecule has 5 nitrogen and oxygen atoms in total. The Morgan fingerprint density at radius 2 is 2.15 bits per heavy atom. The summed E-state index contributed by atoms with van der Waals surface area (Å²) in [5, 5.41) is 8.89. The second kappa shape index (κ2) is 6.80. The van der Waals surface area contributed by atoms with Gasteiger partial charge >= 0.3 is 5.97 Å². The van der Waals surface area contributed by atoms with Crippen LogP contribution in [0.25, 0.3) is 0 Å². The summed E-state index contributed by atoms with van der Waals surface area (Å²) in [6.07, 6.45) is 1.31. The topological polar surface area (TPSA) is 85.3 Å². The van der Waals surface area contributed by atoms with E-state index in [1.54, 1.807) is 18.2 Å². The largest absolute Gasteiger partial charge is 0.495 e. The van der Waals surface area contributed by atoms with Crippen molar-refractivity contribution in [3.63, 3.8) is 0 Å². The predicted molar refractivity (Wildman–Crippen MR) is 76.3 cm³/mol. The summed E-state index contributed by atoms with van der Waals surface area (Å²) in [5.74, 6) is -0.0266. The summed E-state index contributed by atoms with van der Waals surface area (Å²) in [5.41, 5.74) is 5.99. The summed E-state index contributed by atoms with van der Waals surface area (Å²) in [6.45, 7) is 3.98. The summed E-state index contributed by atoms with van der Waals surface area (Å²) in [6, 6.07) is 7.17. The Morgan fingerprint density at radius 1 is 1.45 bits per heavy atom. The highest BCUT2D eigenvalue weighted by Gasteiger charge is 2.17. The van der Waals surface area contributed by atoms with Gasteiger partial charge in [0, 0.05) is 0 Å². The van der Waals surface area contributed by atoms with Crippen LogP contribution in [-0.2, 0) is 4.74 Å². The van der Waals surface area contributed by atoms with Crippen molar-refractivity contribution in [2.75, 3.05) is 19.5 Å². The molecule has 0 saturated carbocycles. The van der Waals surface area contributed by atoms with Gasteiger partial charge < -0.3 is 15.2 Å². The molecule has 1 aromatic carbocycles. The first-order valence-corrected chi connectivity index (χ1v) is 6.42. The van der Waals surface area contributed by atoms with E-state index in [2.05, 4.69) is 6.07 Å². The van der Waals surface area contributed by atoms with Gasteiger partial charge in [0.2, 0.25) is 0 Å². The summed E-state index contributed by atoms with van der Waals surface area (Å²) >= 11 is 0. The average Bonchev–Trinajstić information content (AvgIpc) is 2.43. The molecule has 0 amide bonds. The molecule has 0 unspecified atom stereocenters. The van der Waals surface area contributed by atoms with Crippen LogP contribution in [0.1, 0.15) is 37.0 Å². The first-order valence-electron chi connectivity index (χ1n) is 6.42. The van der Waals surface area contributed by atoms with E-state index in [4.69, 9.17) is 20.5 Å². The maximum atomic E-state index is 11.9. The number of nitrogen functional groups attached to an aromatic ring is 1. The number of esters is 1. The van der Waals surface area contributed by atoms with Crippen LogP contribution < -0.4 is 10.5 Å². The van der Waals surface area contributed by atoms with Crippen molar-refractivity contribution in [2.45, 2.75) is 26.7 Å². The Morgan fingerprint density at radius 3 is 2.75 bits per heavy atom. The molecule has 0 aliphatic rings. The lowest BCUT2D eigenvalue weighted by Gasteiger charge is -2.14. The first-order chi connectivity index (χ1) is 9.41. The number of nitrogens with two attached hydrogens (primary N) is 1. The molecule has 20 heavy (non-hydrogen) atoms. The van der Waals surface area contributed by atoms with Crippen LogP contribution in [0.5, 0.6) is 5.75 Å². The Bertz CT molecular complexity index is 518. The summed E-state index contributed by atoms with van der Waals surface area (Å²) < 4.78 is 10.2. The molecule has 0 aliphatic heterocycles. The van der Waals surface area contributed by atoms with E-state index in [0.29, 0.717) is 24.2 Å². The zero-order valence-electron chi connectivity index (χ0n) is 12.1. The molecule has 0 aromatic heterocycles. The maximum absolute atomic E-state index is 11.9. The lowest BCUT2D eigenvalue weighted by molar-refractivity contribution is 0.0492. The lowest BCUT2D eigenvalue weighted by atomic mass is 9.90. The van der Waals surface area contributed by atoms with E-state index < -0.39 is 11.4 Å². The van der Waals surface area contributed by atoms with Crippen molar-refractivity contribution in [1.82, 2.24) is 0 Å². The number of nitriles is 1. The van der Waals surface area contributed by atoms with Crippen LogP contribution in [0.4, 0.5) is 5.69 Å². The second-order valence-electron chi connectivity index (χ2n) is 5.16. The molecule has 108 valence electrons. The SMILES string of the molecule is COc1cccc(C(=O)OCCCC(C)(C)C#N)c1N. The van der Waals surface area contributed by atoms with Gasteiger partial charge in [0.1, 0.15) is 5.75 Å². The monoisotopic (exact) mass is 276 g/mol. The van der Waals surface area contributed by atoms with Crippen LogP contribution in [0.15, 0.2) is 18.2 Å². The quantitative estimate of drug-likeness (QED) is 0.490. The van der Waals surface area contributed by atoms with E-state index in [9.17, 15) is 4.79 Å². The Balaban J connectivity index is 2.55. The molecule has 0 spiro atoms. The third-order valence-electron chi connectivity index (χ3n) is 2.99. The van der Waals surface area contributed by atoms with E-state index in [0.717, 1.165) is 0 Å². The fourth-order valence-electron chi connectivity index (χ4n) is 1.71. The molecule has 0 radical (unpaired) electrons. The molecule has 0 bridgehead atoms. The highest BCUT2D eigenvalue weighted by Crippen LogP contribution is 2.25. The lowest BCUT2D eigenvalue weighted by Crippen LogP contribution is -2.13. The van der Waals surface area contributed by atoms with Gasteiger partial charge in [-0.3, -0.25) is 0 Å². The van der Waals surface area contributed by atoms with E-state index >= 15 is 0 Å². The molecule has 0 aliphatic carbocycles. The number of rotatable bonds is 6. The van der Waals surface area contributed by atoms with Crippen molar-refractivity contribution in [1.29, 1.82) is 5.26 Å². The standard InChI is InChI=1S/C15H20N2O3/c1-15(2,10-16)8-5-9-20-14(18)11-6-4-7-12(19-3)13(11)17/h4,6-7H,5,8-9,17H2,1-3H3. The number of benzene rings is 1. The predicted octanol–water partition coefficient (Wildman–Crippen LogP) is 2.76. The van der Waals surface area contributed by atoms with Gasteiger partial charge in [0.25, 0.3) is 0 Å². The van der Waals surface area contributed by atoms with Gasteiger partial charge in [0.05, 0.1) is 36.5 Å². The molecular formula is C15H20N2O3. The molecule has 0 fully saturated rings. The number of hydrogen-bond acceptors (Lipinski definition) is 5. The summed E-state index contributed by atoms with van der Waals surface area (Å²) in [7, 11) is 1.49. The smallest absolute Gasteiger partial charge is 0.340 e. The first kappa shape index (κ1) is 15.8. The molecule has 0 heterocycles. The van der Waals surface area contributed by atoms with Crippen molar-refractivity contribution in [3.05, 3.63) is 23.8 Å². The third-order valence-corrected chi connectivity index (χ3v) is 2.99. The van der Waals surface area contributed by atoms with Crippen molar-refractivity contribution in [3.8, 4) is 11.8 Å². The fraction of sp³-hybridized carbons (Fsp3) is 0.467. The summed E-state index contributed by atoms with van der Waals surface area (Å²) in [4.78, 5) is 11.9. The highest BCUT2D eigenvalue weighted by molar-refractivity contribution is 5.96. The Labute approximate surface area is 119 Å². The van der Waals surface area contributed by atoms with Crippen LogP contribution in [0, 0.1) is 16.7 Å². The zero-order valence-corrected chi connectivity index (χ0v) is 12.1. The molecule has 1 aromatic rings. The number of para-hydroxylation sites is 1. The Hall–Kier alpha value is -2.22. The van der Waals surface area contributed by atoms with Gasteiger partial charge in [-0.15, -0.1) is 0 Å². The molecular weight excluding hydrogens is 256 g/mol. The van der Waals surface area contributed by atoms with Gasteiger partial charge in [-0.25, -0.2) is 4.79 Å². The van der Waals surface area contributed by atoms with Gasteiger partial charge in [-0.2, -0.15) is 5.26 Å². The molecule has 1 rings (SSSR count). The van der Waals surface area contributed by atoms with E-state index in [-0.39, 0.29) is 12.3 Å². The number of ether oxygens (including phenoxy) is 2. The number of methoxy groups -OCH3 is 1. The molecule has 2 N–H and O–H groups in total. The maximum Gasteiger partial charge on any atom is 0.340 e. The molecule has 5 heteroatoms. The van der Waals surface area contributed by atoms with Crippen LogP contribution in [-0.4, -0.2) is 19.7 Å². The van der Waals surface area contributed by atoms with Crippen LogP contribution in [0.3, 0.4) is 0 Å². The zero-order chi connectivity index (χ0) is 15.2. The third kappa shape index (κ3) is 4.16. The average molecular weight is 276 g/mol. The normalized spacial score (nSPS) is 10.7. The number of hydrogen-bond donors (Lipinski definition) is 1. The minimum atomic E-state index is -0.476. The van der Waals surface area contributed by atoms with Gasteiger partial charge in [-0.05, 0) is 38.8 Å². The van der Waals surface area contributed by atoms with Gasteiger partial charge in [0.15, 0.2) is 0 Å². The van der Waals surface area contributed by atoms with Gasteiger partial charge in [-0.1, -0.05) is 6.07 Å². The second-order valence-corrected chi connectivity index (χ2v) is 5.16. The van der Waals surface area contributed by atoms with E-state index in [1.165, 1.54) is 7.11 Å². The van der Waals surface area contributed by atoms with Crippen molar-refractivity contribution < 1.29 is 14.3 Å². The van der Waals surface area contributed by atoms with Crippen LogP contribution in [0.2, 0.25) is 0 Å². The molecule has 0 saturated heterocycles. The fourth-order valence-corrected chi connectivity index (χ4v) is 1.71. The van der Waals surface area contributed by atoms with Crippen molar-refractivity contribution in [2.24, 2.45) is 5.41 Å². The highest BCUT2D eigenvalue weighted by atomic mass is 16.5. The number of nitrogens with zero attached hydrogens (tertiary/aromatic N) is 1.